The van der Waals surface area contributed by atoms with E-state index in [4.69, 9.17) is 16.3 Å². The van der Waals surface area contributed by atoms with Gasteiger partial charge in [0, 0.05) is 11.6 Å². The number of methoxy groups -OCH3 is 1. The Morgan fingerprint density at radius 2 is 2.22 bits per heavy atom. The Kier molecular flexibility index (Phi) is 3.89. The molecule has 0 aliphatic rings. The van der Waals surface area contributed by atoms with Crippen molar-refractivity contribution in [2.75, 3.05) is 7.11 Å². The number of halogens is 1. The minimum absolute atomic E-state index is 0.105. The molecule has 0 radical (unpaired) electrons. The summed E-state index contributed by atoms with van der Waals surface area (Å²) in [5, 5.41) is 14.2. The van der Waals surface area contributed by atoms with Gasteiger partial charge in [-0.15, -0.1) is 0 Å². The Bertz CT molecular complexity index is 552. The van der Waals surface area contributed by atoms with E-state index in [1.165, 1.54) is 0 Å². The fourth-order valence-electron chi connectivity index (χ4n) is 1.83. The SMILES string of the molecule is CCc1nn(-c2cccc(OC)c2)c(Cl)c1CO. The standard InChI is InChI=1S/C13H15ClN2O2/c1-3-12-11(8-17)13(14)16(15-12)9-5-4-6-10(7-9)18-2/h4-7,17H,3,8H2,1-2H3. The van der Waals surface area contributed by atoms with Crippen LogP contribution >= 0.6 is 11.6 Å². The first-order valence-corrected chi connectivity index (χ1v) is 6.10. The Hall–Kier alpha value is -1.52. The van der Waals surface area contributed by atoms with Crippen molar-refractivity contribution in [3.63, 3.8) is 0 Å². The smallest absolute Gasteiger partial charge is 0.138 e. The molecular formula is C13H15ClN2O2. The highest BCUT2D eigenvalue weighted by Crippen LogP contribution is 2.25. The molecule has 5 heteroatoms. The third kappa shape index (κ3) is 2.21. The van der Waals surface area contributed by atoms with Crippen molar-refractivity contribution >= 4 is 11.6 Å². The summed E-state index contributed by atoms with van der Waals surface area (Å²) in [6, 6.07) is 7.46. The van der Waals surface area contributed by atoms with E-state index >= 15 is 0 Å². The molecular weight excluding hydrogens is 252 g/mol. The van der Waals surface area contributed by atoms with Crippen molar-refractivity contribution in [3.05, 3.63) is 40.7 Å². The van der Waals surface area contributed by atoms with Gasteiger partial charge < -0.3 is 9.84 Å². The molecule has 1 aromatic heterocycles. The van der Waals surface area contributed by atoms with E-state index in [1.54, 1.807) is 11.8 Å². The number of aliphatic hydroxyl groups is 1. The number of benzene rings is 1. The lowest BCUT2D eigenvalue weighted by Crippen LogP contribution is -1.97. The minimum Gasteiger partial charge on any atom is -0.497 e. The lowest BCUT2D eigenvalue weighted by molar-refractivity contribution is 0.281. The highest BCUT2D eigenvalue weighted by Gasteiger charge is 2.15. The number of rotatable bonds is 4. The predicted molar refractivity (Wildman–Crippen MR) is 70.4 cm³/mol. The molecule has 18 heavy (non-hydrogen) atoms. The van der Waals surface area contributed by atoms with Crippen molar-refractivity contribution in [3.8, 4) is 11.4 Å². The number of aryl methyl sites for hydroxylation is 1. The summed E-state index contributed by atoms with van der Waals surface area (Å²) in [4.78, 5) is 0. The van der Waals surface area contributed by atoms with Crippen molar-refractivity contribution < 1.29 is 9.84 Å². The van der Waals surface area contributed by atoms with Crippen LogP contribution in [0.1, 0.15) is 18.2 Å². The first-order chi connectivity index (χ1) is 8.71. The van der Waals surface area contributed by atoms with E-state index in [9.17, 15) is 5.11 Å². The lowest BCUT2D eigenvalue weighted by Gasteiger charge is -2.05. The molecule has 1 N–H and O–H groups in total. The second-order valence-electron chi connectivity index (χ2n) is 3.84. The van der Waals surface area contributed by atoms with Crippen LogP contribution in [0.25, 0.3) is 5.69 Å². The van der Waals surface area contributed by atoms with E-state index in [0.717, 1.165) is 23.6 Å². The van der Waals surface area contributed by atoms with E-state index in [2.05, 4.69) is 5.10 Å². The van der Waals surface area contributed by atoms with Crippen LogP contribution in [0.2, 0.25) is 5.15 Å². The van der Waals surface area contributed by atoms with Gasteiger partial charge in [-0.25, -0.2) is 4.68 Å². The van der Waals surface area contributed by atoms with Gasteiger partial charge in [-0.2, -0.15) is 5.10 Å². The zero-order valence-electron chi connectivity index (χ0n) is 10.4. The second kappa shape index (κ2) is 5.42. The highest BCUT2D eigenvalue weighted by molar-refractivity contribution is 6.30. The Morgan fingerprint density at radius 3 is 2.78 bits per heavy atom. The molecule has 4 nitrogen and oxygen atoms in total. The summed E-state index contributed by atoms with van der Waals surface area (Å²) in [6.07, 6.45) is 0.729. The van der Waals surface area contributed by atoms with E-state index in [1.807, 2.05) is 31.2 Å². The van der Waals surface area contributed by atoms with Crippen LogP contribution in [0.5, 0.6) is 5.75 Å². The van der Waals surface area contributed by atoms with Gasteiger partial charge in [-0.3, -0.25) is 0 Å². The van der Waals surface area contributed by atoms with Crippen molar-refractivity contribution in [1.82, 2.24) is 9.78 Å². The van der Waals surface area contributed by atoms with Gasteiger partial charge in [0.05, 0.1) is 25.1 Å². The van der Waals surface area contributed by atoms with Crippen LogP contribution in [-0.2, 0) is 13.0 Å². The van der Waals surface area contributed by atoms with Crippen LogP contribution in [0.4, 0.5) is 0 Å². The summed E-state index contributed by atoms with van der Waals surface area (Å²) < 4.78 is 6.79. The van der Waals surface area contributed by atoms with Gasteiger partial charge in [0.15, 0.2) is 0 Å². The summed E-state index contributed by atoms with van der Waals surface area (Å²) in [6.45, 7) is 1.87. The molecule has 0 saturated heterocycles. The maximum Gasteiger partial charge on any atom is 0.138 e. The molecule has 0 atom stereocenters. The molecule has 1 heterocycles. The number of hydrogen-bond donors (Lipinski definition) is 1. The summed E-state index contributed by atoms with van der Waals surface area (Å²) in [7, 11) is 1.61. The molecule has 2 aromatic rings. The summed E-state index contributed by atoms with van der Waals surface area (Å²) in [5.74, 6) is 0.739. The monoisotopic (exact) mass is 266 g/mol. The van der Waals surface area contributed by atoms with Gasteiger partial charge in [-0.05, 0) is 18.6 Å². The fourth-order valence-corrected chi connectivity index (χ4v) is 2.13. The average Bonchev–Trinajstić information content (AvgIpc) is 2.75. The van der Waals surface area contributed by atoms with Crippen LogP contribution in [0.15, 0.2) is 24.3 Å². The lowest BCUT2D eigenvalue weighted by atomic mass is 10.2. The van der Waals surface area contributed by atoms with Crippen molar-refractivity contribution in [2.24, 2.45) is 0 Å². The van der Waals surface area contributed by atoms with Crippen LogP contribution in [-0.4, -0.2) is 22.0 Å². The maximum absolute atomic E-state index is 9.33. The maximum atomic E-state index is 9.33. The third-order valence-corrected chi connectivity index (χ3v) is 3.18. The topological polar surface area (TPSA) is 47.3 Å². The fraction of sp³-hybridized carbons (Fsp3) is 0.308. The first kappa shape index (κ1) is 12.9. The molecule has 0 unspecified atom stereocenters. The molecule has 96 valence electrons. The molecule has 0 fully saturated rings. The van der Waals surface area contributed by atoms with Crippen molar-refractivity contribution in [1.29, 1.82) is 0 Å². The third-order valence-electron chi connectivity index (χ3n) is 2.79. The minimum atomic E-state index is -0.105. The molecule has 0 saturated carbocycles. The Morgan fingerprint density at radius 1 is 1.44 bits per heavy atom. The highest BCUT2D eigenvalue weighted by atomic mass is 35.5. The predicted octanol–water partition coefficient (Wildman–Crippen LogP) is 2.59. The zero-order valence-corrected chi connectivity index (χ0v) is 11.1. The molecule has 0 spiro atoms. The average molecular weight is 267 g/mol. The number of hydrogen-bond acceptors (Lipinski definition) is 3. The van der Waals surface area contributed by atoms with Crippen LogP contribution in [0, 0.1) is 0 Å². The molecule has 2 rings (SSSR count). The zero-order chi connectivity index (χ0) is 13.1. The van der Waals surface area contributed by atoms with E-state index in [-0.39, 0.29) is 6.61 Å². The molecule has 0 aliphatic heterocycles. The van der Waals surface area contributed by atoms with Gasteiger partial charge >= 0.3 is 0 Å². The molecule has 0 amide bonds. The van der Waals surface area contributed by atoms with Gasteiger partial charge in [0.1, 0.15) is 10.9 Å². The summed E-state index contributed by atoms with van der Waals surface area (Å²) in [5.41, 5.74) is 2.31. The number of nitrogens with zero attached hydrogens (tertiary/aromatic N) is 2. The molecule has 0 bridgehead atoms. The van der Waals surface area contributed by atoms with Crippen molar-refractivity contribution in [2.45, 2.75) is 20.0 Å². The first-order valence-electron chi connectivity index (χ1n) is 5.72. The van der Waals surface area contributed by atoms with Gasteiger partial charge in [0.2, 0.25) is 0 Å². The largest absolute Gasteiger partial charge is 0.497 e. The number of aliphatic hydroxyl groups excluding tert-OH is 1. The molecule has 1 aromatic carbocycles. The Labute approximate surface area is 111 Å². The quantitative estimate of drug-likeness (QED) is 0.925. The Balaban J connectivity index is 2.53. The number of aromatic nitrogens is 2. The van der Waals surface area contributed by atoms with E-state index < -0.39 is 0 Å². The normalized spacial score (nSPS) is 10.7. The van der Waals surface area contributed by atoms with E-state index in [0.29, 0.717) is 10.7 Å². The summed E-state index contributed by atoms with van der Waals surface area (Å²) >= 11 is 6.24. The van der Waals surface area contributed by atoms with Gasteiger partial charge in [-0.1, -0.05) is 24.6 Å². The number of ether oxygens (including phenoxy) is 1. The van der Waals surface area contributed by atoms with Gasteiger partial charge in [0.25, 0.3) is 0 Å². The second-order valence-corrected chi connectivity index (χ2v) is 4.20. The molecule has 0 aliphatic carbocycles. The van der Waals surface area contributed by atoms with Crippen LogP contribution < -0.4 is 4.74 Å². The van der Waals surface area contributed by atoms with Crippen LogP contribution in [0.3, 0.4) is 0 Å².